The van der Waals surface area contributed by atoms with Gasteiger partial charge in [0.15, 0.2) is 0 Å². The number of rotatable bonds is 6. The Hall–Kier alpha value is -2.58. The number of carbonyl (C=O) groups excluding carboxylic acids is 1. The van der Waals surface area contributed by atoms with Gasteiger partial charge in [-0.3, -0.25) is 14.9 Å². The molecule has 3 aromatic rings. The first-order chi connectivity index (χ1) is 15.7. The summed E-state index contributed by atoms with van der Waals surface area (Å²) in [5, 5.41) is 8.98. The van der Waals surface area contributed by atoms with E-state index in [1.807, 2.05) is 43.9 Å². The molecule has 0 atom stereocenters. The van der Waals surface area contributed by atoms with Gasteiger partial charge >= 0.3 is 0 Å². The predicted molar refractivity (Wildman–Crippen MR) is 134 cm³/mol. The van der Waals surface area contributed by atoms with Crippen molar-refractivity contribution < 1.29 is 4.79 Å². The van der Waals surface area contributed by atoms with Crippen molar-refractivity contribution in [2.75, 3.05) is 33.7 Å². The maximum Gasteiger partial charge on any atom is 0.236 e. The highest BCUT2D eigenvalue weighted by Gasteiger charge is 2.27. The standard InChI is InChI=1S/C25H34N6OS/c1-15(2)22-23(19-11-16(3)27-17(4)12-19)28-29-24(22)25-26-13-20(33-25)18-7-9-31(10-8-18)21(32)14-30(5)6/h11-13,15,18H,7-10,14H2,1-6H3,(H,28,29). The molecule has 1 saturated heterocycles. The first-order valence-electron chi connectivity index (χ1n) is 11.7. The quantitative estimate of drug-likeness (QED) is 0.574. The molecular formula is C25H34N6OS. The van der Waals surface area contributed by atoms with Crippen LogP contribution in [0.2, 0.25) is 0 Å². The van der Waals surface area contributed by atoms with Crippen molar-refractivity contribution in [3.63, 3.8) is 0 Å². The number of pyridine rings is 1. The molecule has 0 aromatic carbocycles. The van der Waals surface area contributed by atoms with Crippen LogP contribution >= 0.6 is 11.3 Å². The zero-order valence-corrected chi connectivity index (χ0v) is 21.3. The topological polar surface area (TPSA) is 78.0 Å². The van der Waals surface area contributed by atoms with Gasteiger partial charge in [-0.25, -0.2) is 4.98 Å². The molecule has 7 nitrogen and oxygen atoms in total. The molecule has 4 heterocycles. The first kappa shape index (κ1) is 23.6. The normalized spacial score (nSPS) is 15.1. The van der Waals surface area contributed by atoms with Gasteiger partial charge in [-0.15, -0.1) is 11.3 Å². The second-order valence-corrected chi connectivity index (χ2v) is 10.7. The average Bonchev–Trinajstić information content (AvgIpc) is 3.40. The van der Waals surface area contributed by atoms with Crippen molar-refractivity contribution in [3.05, 3.63) is 40.2 Å². The summed E-state index contributed by atoms with van der Waals surface area (Å²) >= 11 is 1.75. The van der Waals surface area contributed by atoms with E-state index in [2.05, 4.69) is 36.1 Å². The minimum absolute atomic E-state index is 0.219. The summed E-state index contributed by atoms with van der Waals surface area (Å²) in [7, 11) is 3.87. The summed E-state index contributed by atoms with van der Waals surface area (Å²) in [6, 6.07) is 4.19. The van der Waals surface area contributed by atoms with Crippen molar-refractivity contribution in [1.29, 1.82) is 0 Å². The Balaban J connectivity index is 1.55. The molecule has 0 aliphatic carbocycles. The number of carbonyl (C=O) groups is 1. The first-order valence-corrected chi connectivity index (χ1v) is 12.5. The summed E-state index contributed by atoms with van der Waals surface area (Å²) < 4.78 is 0. The number of aromatic amines is 1. The minimum atomic E-state index is 0.219. The third-order valence-electron chi connectivity index (χ3n) is 6.18. The van der Waals surface area contributed by atoms with Gasteiger partial charge in [0.05, 0.1) is 17.9 Å². The molecule has 1 aliphatic heterocycles. The number of hydrogen-bond acceptors (Lipinski definition) is 6. The van der Waals surface area contributed by atoms with Crippen LogP contribution in [0, 0.1) is 13.8 Å². The van der Waals surface area contributed by atoms with Crippen LogP contribution in [0.5, 0.6) is 0 Å². The number of nitrogens with one attached hydrogen (secondary N) is 1. The highest BCUT2D eigenvalue weighted by atomic mass is 32.1. The molecule has 33 heavy (non-hydrogen) atoms. The van der Waals surface area contributed by atoms with Gasteiger partial charge in [-0.1, -0.05) is 13.8 Å². The number of hydrogen-bond donors (Lipinski definition) is 1. The highest BCUT2D eigenvalue weighted by Crippen LogP contribution is 2.40. The fourth-order valence-corrected chi connectivity index (χ4v) is 5.74. The lowest BCUT2D eigenvalue weighted by Gasteiger charge is -2.32. The molecule has 1 aliphatic rings. The third-order valence-corrected chi connectivity index (χ3v) is 7.35. The Morgan fingerprint density at radius 2 is 1.88 bits per heavy atom. The number of thiazole rings is 1. The number of likely N-dealkylation sites (tertiary alicyclic amines) is 1. The monoisotopic (exact) mass is 466 g/mol. The molecular weight excluding hydrogens is 432 g/mol. The van der Waals surface area contributed by atoms with Crippen LogP contribution in [0.4, 0.5) is 0 Å². The van der Waals surface area contributed by atoms with Gasteiger partial charge in [0.25, 0.3) is 0 Å². The van der Waals surface area contributed by atoms with Crippen molar-refractivity contribution in [2.45, 2.75) is 52.4 Å². The Kier molecular flexibility index (Phi) is 6.95. The Labute approximate surface area is 200 Å². The minimum Gasteiger partial charge on any atom is -0.342 e. The summed E-state index contributed by atoms with van der Waals surface area (Å²) in [6.07, 6.45) is 4.00. The van der Waals surface area contributed by atoms with E-state index >= 15 is 0 Å². The van der Waals surface area contributed by atoms with Crippen LogP contribution < -0.4 is 0 Å². The van der Waals surface area contributed by atoms with E-state index in [9.17, 15) is 4.79 Å². The van der Waals surface area contributed by atoms with E-state index in [1.165, 1.54) is 10.4 Å². The fraction of sp³-hybridized carbons (Fsp3) is 0.520. The van der Waals surface area contributed by atoms with Crippen molar-refractivity contribution in [3.8, 4) is 22.0 Å². The molecule has 4 rings (SSSR count). The number of nitrogens with zero attached hydrogens (tertiary/aromatic N) is 5. The fourth-order valence-electron chi connectivity index (χ4n) is 4.64. The molecule has 0 saturated carbocycles. The number of piperidine rings is 1. The maximum absolute atomic E-state index is 12.4. The van der Waals surface area contributed by atoms with Crippen LogP contribution in [0.1, 0.15) is 60.4 Å². The number of amides is 1. The number of likely N-dealkylation sites (N-methyl/N-ethyl adjacent to an activating group) is 1. The molecule has 1 amide bonds. The molecule has 0 unspecified atom stereocenters. The SMILES string of the molecule is Cc1cc(-c2n[nH]c(-c3ncc(C4CCN(C(=O)CN(C)C)CC4)s3)c2C(C)C)cc(C)n1. The zero-order valence-electron chi connectivity index (χ0n) is 20.5. The second-order valence-electron chi connectivity index (χ2n) is 9.61. The Bertz CT molecular complexity index is 1100. The average molecular weight is 467 g/mol. The van der Waals surface area contributed by atoms with Crippen molar-refractivity contribution in [2.24, 2.45) is 0 Å². The van der Waals surface area contributed by atoms with Crippen molar-refractivity contribution >= 4 is 17.2 Å². The second kappa shape index (κ2) is 9.73. The van der Waals surface area contributed by atoms with Crippen LogP contribution in [0.3, 0.4) is 0 Å². The van der Waals surface area contributed by atoms with E-state index in [-0.39, 0.29) is 5.91 Å². The Morgan fingerprint density at radius 1 is 1.21 bits per heavy atom. The van der Waals surface area contributed by atoms with E-state index < -0.39 is 0 Å². The van der Waals surface area contributed by atoms with E-state index in [1.54, 1.807) is 11.3 Å². The van der Waals surface area contributed by atoms with E-state index in [4.69, 9.17) is 10.1 Å². The van der Waals surface area contributed by atoms with Gasteiger partial charge in [0.2, 0.25) is 5.91 Å². The molecule has 1 N–H and O–H groups in total. The van der Waals surface area contributed by atoms with Gasteiger partial charge in [0.1, 0.15) is 5.01 Å². The van der Waals surface area contributed by atoms with Crippen LogP contribution in [-0.4, -0.2) is 69.6 Å². The van der Waals surface area contributed by atoms with Crippen molar-refractivity contribution in [1.82, 2.24) is 30.0 Å². The summed E-state index contributed by atoms with van der Waals surface area (Å²) in [4.78, 5) is 26.9. The number of H-pyrrole nitrogens is 1. The maximum atomic E-state index is 12.4. The number of aromatic nitrogens is 4. The van der Waals surface area contributed by atoms with Gasteiger partial charge < -0.3 is 9.80 Å². The van der Waals surface area contributed by atoms with Crippen LogP contribution in [-0.2, 0) is 4.79 Å². The lowest BCUT2D eigenvalue weighted by molar-refractivity contribution is -0.132. The molecule has 1 fully saturated rings. The molecule has 3 aromatic heterocycles. The summed E-state index contributed by atoms with van der Waals surface area (Å²) in [6.45, 7) is 10.6. The summed E-state index contributed by atoms with van der Waals surface area (Å²) in [5.41, 5.74) is 6.29. The lowest BCUT2D eigenvalue weighted by Crippen LogP contribution is -2.42. The molecule has 0 radical (unpaired) electrons. The zero-order chi connectivity index (χ0) is 23.7. The highest BCUT2D eigenvalue weighted by molar-refractivity contribution is 7.15. The predicted octanol–water partition coefficient (Wildman–Crippen LogP) is 4.60. The van der Waals surface area contributed by atoms with Gasteiger partial charge in [-0.2, -0.15) is 5.10 Å². The van der Waals surface area contributed by atoms with E-state index in [0.29, 0.717) is 18.4 Å². The Morgan fingerprint density at radius 3 is 2.48 bits per heavy atom. The smallest absolute Gasteiger partial charge is 0.236 e. The van der Waals surface area contributed by atoms with Crippen LogP contribution in [0.25, 0.3) is 22.0 Å². The summed E-state index contributed by atoms with van der Waals surface area (Å²) in [5.74, 6) is 0.979. The molecule has 8 heteroatoms. The van der Waals surface area contributed by atoms with Gasteiger partial charge in [-0.05, 0) is 64.8 Å². The lowest BCUT2D eigenvalue weighted by atomic mass is 9.95. The van der Waals surface area contributed by atoms with Gasteiger partial charge in [0, 0.05) is 46.7 Å². The van der Waals surface area contributed by atoms with E-state index in [0.717, 1.165) is 59.3 Å². The third kappa shape index (κ3) is 5.17. The largest absolute Gasteiger partial charge is 0.342 e. The molecule has 0 bridgehead atoms. The molecule has 0 spiro atoms. The number of aryl methyl sites for hydroxylation is 2. The van der Waals surface area contributed by atoms with Crippen LogP contribution in [0.15, 0.2) is 18.3 Å². The molecule has 176 valence electrons.